The number of methoxy groups -OCH3 is 1. The van der Waals surface area contributed by atoms with E-state index >= 15 is 0 Å². The van der Waals surface area contributed by atoms with Gasteiger partial charge in [-0.15, -0.1) is 0 Å². The van der Waals surface area contributed by atoms with Gasteiger partial charge in [0.1, 0.15) is 11.8 Å². The quantitative estimate of drug-likeness (QED) is 0.806. The molecule has 4 heteroatoms. The van der Waals surface area contributed by atoms with Crippen molar-refractivity contribution in [2.45, 2.75) is 11.5 Å². The van der Waals surface area contributed by atoms with E-state index in [1.807, 2.05) is 36.4 Å². The lowest BCUT2D eigenvalue weighted by atomic mass is 10.1. The zero-order valence-electron chi connectivity index (χ0n) is 11.1. The van der Waals surface area contributed by atoms with Gasteiger partial charge in [0, 0.05) is 16.5 Å². The van der Waals surface area contributed by atoms with Crippen LogP contribution in [0.2, 0.25) is 5.02 Å². The number of rotatable bonds is 5. The molecule has 0 amide bonds. The lowest BCUT2D eigenvalue weighted by molar-refractivity contribution is 0.413. The second-order valence-corrected chi connectivity index (χ2v) is 5.62. The molecule has 102 valence electrons. The molecular formula is C16H14ClNOS. The molecule has 0 spiro atoms. The van der Waals surface area contributed by atoms with E-state index in [-0.39, 0.29) is 0 Å². The standard InChI is InChI=1S/C16H14ClNOS/c1-19-16-8-12(6-7-13(16)9-18)10-20-11-14-4-2-3-5-15(14)17/h2-8H,10-11H2,1H3. The summed E-state index contributed by atoms with van der Waals surface area (Å²) in [4.78, 5) is 0. The Hall–Kier alpha value is -1.63. The molecule has 0 radical (unpaired) electrons. The molecule has 2 nitrogen and oxygen atoms in total. The summed E-state index contributed by atoms with van der Waals surface area (Å²) < 4.78 is 5.21. The van der Waals surface area contributed by atoms with Gasteiger partial charge in [0.25, 0.3) is 0 Å². The van der Waals surface area contributed by atoms with E-state index in [1.165, 1.54) is 0 Å². The summed E-state index contributed by atoms with van der Waals surface area (Å²) in [6.45, 7) is 0. The van der Waals surface area contributed by atoms with Gasteiger partial charge in [-0.1, -0.05) is 35.9 Å². The van der Waals surface area contributed by atoms with Crippen molar-refractivity contribution in [2.75, 3.05) is 7.11 Å². The molecule has 0 aliphatic rings. The molecule has 2 aromatic carbocycles. The van der Waals surface area contributed by atoms with E-state index in [9.17, 15) is 0 Å². The Balaban J connectivity index is 1.98. The monoisotopic (exact) mass is 303 g/mol. The van der Waals surface area contributed by atoms with Crippen molar-refractivity contribution in [3.05, 3.63) is 64.2 Å². The minimum absolute atomic E-state index is 0.562. The van der Waals surface area contributed by atoms with Gasteiger partial charge in [-0.3, -0.25) is 0 Å². The molecule has 2 rings (SSSR count). The van der Waals surface area contributed by atoms with Crippen LogP contribution in [0, 0.1) is 11.3 Å². The summed E-state index contributed by atoms with van der Waals surface area (Å²) in [7, 11) is 1.58. The van der Waals surface area contributed by atoms with Crippen LogP contribution in [-0.2, 0) is 11.5 Å². The number of halogens is 1. The molecule has 0 unspecified atom stereocenters. The number of nitriles is 1. The molecule has 20 heavy (non-hydrogen) atoms. The highest BCUT2D eigenvalue weighted by Gasteiger charge is 2.04. The maximum absolute atomic E-state index is 8.95. The van der Waals surface area contributed by atoms with E-state index in [1.54, 1.807) is 24.9 Å². The van der Waals surface area contributed by atoms with Crippen LogP contribution in [0.3, 0.4) is 0 Å². The van der Waals surface area contributed by atoms with Crippen LogP contribution in [0.1, 0.15) is 16.7 Å². The summed E-state index contributed by atoms with van der Waals surface area (Å²) in [6.07, 6.45) is 0. The zero-order valence-corrected chi connectivity index (χ0v) is 12.7. The first-order valence-corrected chi connectivity index (χ1v) is 7.66. The third-order valence-electron chi connectivity index (χ3n) is 2.87. The van der Waals surface area contributed by atoms with Crippen LogP contribution in [0.4, 0.5) is 0 Å². The maximum Gasteiger partial charge on any atom is 0.136 e. The fourth-order valence-corrected chi connectivity index (χ4v) is 3.08. The molecule has 0 heterocycles. The fourth-order valence-electron chi connectivity index (χ4n) is 1.81. The number of ether oxygens (including phenoxy) is 1. The van der Waals surface area contributed by atoms with Gasteiger partial charge in [0.05, 0.1) is 12.7 Å². The van der Waals surface area contributed by atoms with Crippen molar-refractivity contribution in [1.82, 2.24) is 0 Å². The van der Waals surface area contributed by atoms with Gasteiger partial charge in [-0.25, -0.2) is 0 Å². The summed E-state index contributed by atoms with van der Waals surface area (Å²) in [5.74, 6) is 2.35. The van der Waals surface area contributed by atoms with Crippen molar-refractivity contribution in [1.29, 1.82) is 5.26 Å². The maximum atomic E-state index is 8.95. The number of nitrogens with zero attached hydrogens (tertiary/aromatic N) is 1. The van der Waals surface area contributed by atoms with Crippen LogP contribution in [-0.4, -0.2) is 7.11 Å². The van der Waals surface area contributed by atoms with Crippen LogP contribution >= 0.6 is 23.4 Å². The molecule has 0 fully saturated rings. The van der Waals surface area contributed by atoms with E-state index in [0.717, 1.165) is 27.7 Å². The lowest BCUT2D eigenvalue weighted by Gasteiger charge is -2.07. The molecule has 0 aromatic heterocycles. The molecule has 0 aliphatic heterocycles. The van der Waals surface area contributed by atoms with Crippen molar-refractivity contribution < 1.29 is 4.74 Å². The molecular weight excluding hydrogens is 290 g/mol. The van der Waals surface area contributed by atoms with Crippen LogP contribution < -0.4 is 4.74 Å². The van der Waals surface area contributed by atoms with Crippen LogP contribution in [0.25, 0.3) is 0 Å². The van der Waals surface area contributed by atoms with E-state index in [4.69, 9.17) is 21.6 Å². The number of benzene rings is 2. The van der Waals surface area contributed by atoms with Crippen LogP contribution in [0.5, 0.6) is 5.75 Å². The largest absolute Gasteiger partial charge is 0.495 e. The Kier molecular flexibility index (Phi) is 5.34. The minimum Gasteiger partial charge on any atom is -0.495 e. The highest BCUT2D eigenvalue weighted by atomic mass is 35.5. The third-order valence-corrected chi connectivity index (χ3v) is 4.29. The van der Waals surface area contributed by atoms with Gasteiger partial charge in [0.15, 0.2) is 0 Å². The molecule has 0 atom stereocenters. The van der Waals surface area contributed by atoms with Crippen LogP contribution in [0.15, 0.2) is 42.5 Å². The molecule has 0 aliphatic carbocycles. The molecule has 0 saturated carbocycles. The van der Waals surface area contributed by atoms with E-state index in [2.05, 4.69) is 6.07 Å². The van der Waals surface area contributed by atoms with E-state index < -0.39 is 0 Å². The highest BCUT2D eigenvalue weighted by molar-refractivity contribution is 7.97. The molecule has 0 saturated heterocycles. The molecule has 0 bridgehead atoms. The van der Waals surface area contributed by atoms with Gasteiger partial charge in [0.2, 0.25) is 0 Å². The normalized spacial score (nSPS) is 10.1. The Labute approximate surface area is 128 Å². The first-order valence-electron chi connectivity index (χ1n) is 6.12. The average Bonchev–Trinajstić information content (AvgIpc) is 2.49. The number of thioether (sulfide) groups is 1. The van der Waals surface area contributed by atoms with Gasteiger partial charge >= 0.3 is 0 Å². The lowest BCUT2D eigenvalue weighted by Crippen LogP contribution is -1.91. The number of hydrogen-bond acceptors (Lipinski definition) is 3. The predicted octanol–water partition coefficient (Wildman–Crippen LogP) is 4.65. The van der Waals surface area contributed by atoms with Gasteiger partial charge < -0.3 is 4.74 Å². The Morgan fingerprint density at radius 2 is 2.00 bits per heavy atom. The second-order valence-electron chi connectivity index (χ2n) is 4.23. The van der Waals surface area contributed by atoms with Gasteiger partial charge in [-0.2, -0.15) is 17.0 Å². The average molecular weight is 304 g/mol. The second kappa shape index (κ2) is 7.23. The Bertz CT molecular complexity index is 637. The summed E-state index contributed by atoms with van der Waals surface area (Å²) in [5, 5.41) is 9.75. The topological polar surface area (TPSA) is 33.0 Å². The van der Waals surface area contributed by atoms with Crippen molar-refractivity contribution >= 4 is 23.4 Å². The van der Waals surface area contributed by atoms with Gasteiger partial charge in [-0.05, 0) is 29.3 Å². The van der Waals surface area contributed by atoms with E-state index in [0.29, 0.717) is 11.3 Å². The molecule has 0 N–H and O–H groups in total. The smallest absolute Gasteiger partial charge is 0.136 e. The minimum atomic E-state index is 0.562. The Morgan fingerprint density at radius 3 is 2.70 bits per heavy atom. The first-order chi connectivity index (χ1) is 9.74. The first kappa shape index (κ1) is 14.8. The summed E-state index contributed by atoms with van der Waals surface area (Å²) in [6, 6.07) is 15.7. The van der Waals surface area contributed by atoms with Crippen molar-refractivity contribution in [2.24, 2.45) is 0 Å². The number of hydrogen-bond donors (Lipinski definition) is 0. The van der Waals surface area contributed by atoms with Crippen molar-refractivity contribution in [3.63, 3.8) is 0 Å². The van der Waals surface area contributed by atoms with Crippen molar-refractivity contribution in [3.8, 4) is 11.8 Å². The third kappa shape index (κ3) is 3.69. The SMILES string of the molecule is COc1cc(CSCc2ccccc2Cl)ccc1C#N. The summed E-state index contributed by atoms with van der Waals surface area (Å²) >= 11 is 7.91. The zero-order chi connectivity index (χ0) is 14.4. The highest BCUT2D eigenvalue weighted by Crippen LogP contribution is 2.26. The Morgan fingerprint density at radius 1 is 1.20 bits per heavy atom. The fraction of sp³-hybridized carbons (Fsp3) is 0.188. The molecule has 2 aromatic rings. The predicted molar refractivity (Wildman–Crippen MR) is 84.2 cm³/mol. The summed E-state index contributed by atoms with van der Waals surface area (Å²) in [5.41, 5.74) is 2.84.